The second kappa shape index (κ2) is 5.66. The van der Waals surface area contributed by atoms with Gasteiger partial charge >= 0.3 is 0 Å². The van der Waals surface area contributed by atoms with Crippen LogP contribution in [0.1, 0.15) is 37.0 Å². The van der Waals surface area contributed by atoms with Gasteiger partial charge in [0.15, 0.2) is 0 Å². The van der Waals surface area contributed by atoms with Gasteiger partial charge < -0.3 is 10.2 Å². The Morgan fingerprint density at radius 1 is 1.40 bits per heavy atom. The van der Waals surface area contributed by atoms with Crippen LogP contribution in [0.4, 0.5) is 0 Å². The zero-order valence-electron chi connectivity index (χ0n) is 11.8. The van der Waals surface area contributed by atoms with Gasteiger partial charge in [-0.15, -0.1) is 11.3 Å². The number of carbonyl (C=O) groups excluding carboxylic acids is 1. The van der Waals surface area contributed by atoms with E-state index in [2.05, 4.69) is 5.32 Å². The molecule has 0 radical (unpaired) electrons. The van der Waals surface area contributed by atoms with Gasteiger partial charge in [0.2, 0.25) is 5.91 Å². The molecule has 0 aliphatic carbocycles. The number of halogens is 1. The predicted molar refractivity (Wildman–Crippen MR) is 83.5 cm³/mol. The van der Waals surface area contributed by atoms with Gasteiger partial charge in [0.1, 0.15) is 0 Å². The van der Waals surface area contributed by atoms with Crippen LogP contribution in [-0.2, 0) is 4.79 Å². The molecule has 3 rings (SSSR count). The summed E-state index contributed by atoms with van der Waals surface area (Å²) in [6.07, 6.45) is 3.55. The molecule has 2 fully saturated rings. The van der Waals surface area contributed by atoms with Crippen molar-refractivity contribution in [3.8, 4) is 0 Å². The summed E-state index contributed by atoms with van der Waals surface area (Å²) < 4.78 is 0.759. The van der Waals surface area contributed by atoms with Crippen molar-refractivity contribution in [1.29, 1.82) is 0 Å². The molecular formula is C15H21ClN2OS. The number of hydrogen-bond acceptors (Lipinski definition) is 3. The molecule has 2 aliphatic rings. The fraction of sp³-hybridized carbons (Fsp3) is 0.667. The number of thiophene rings is 1. The Balaban J connectivity index is 1.61. The van der Waals surface area contributed by atoms with Crippen molar-refractivity contribution in [3.63, 3.8) is 0 Å². The predicted octanol–water partition coefficient (Wildman–Crippen LogP) is 3.11. The molecule has 1 N–H and O–H groups in total. The molecule has 0 aromatic carbocycles. The van der Waals surface area contributed by atoms with E-state index in [1.807, 2.05) is 24.0 Å². The van der Waals surface area contributed by atoms with Gasteiger partial charge in [0.25, 0.3) is 0 Å². The maximum atomic E-state index is 12.6. The van der Waals surface area contributed by atoms with Gasteiger partial charge in [-0.05, 0) is 50.3 Å². The quantitative estimate of drug-likeness (QED) is 0.910. The van der Waals surface area contributed by atoms with Crippen molar-refractivity contribution in [2.24, 2.45) is 5.41 Å². The van der Waals surface area contributed by atoms with Gasteiger partial charge in [-0.3, -0.25) is 4.79 Å². The third-order valence-corrected chi connectivity index (χ3v) is 6.27. The Labute approximate surface area is 129 Å². The molecule has 1 amide bonds. The average molecular weight is 313 g/mol. The van der Waals surface area contributed by atoms with Crippen molar-refractivity contribution in [1.82, 2.24) is 10.2 Å². The number of rotatable bonds is 2. The number of nitrogens with zero attached hydrogens (tertiary/aromatic N) is 1. The second-order valence-electron chi connectivity index (χ2n) is 6.12. The van der Waals surface area contributed by atoms with Crippen LogP contribution in [0.5, 0.6) is 0 Å². The van der Waals surface area contributed by atoms with E-state index in [0.717, 1.165) is 48.2 Å². The third kappa shape index (κ3) is 2.74. The normalized spacial score (nSPS) is 23.2. The van der Waals surface area contributed by atoms with Gasteiger partial charge in [-0.25, -0.2) is 0 Å². The largest absolute Gasteiger partial charge is 0.342 e. The first kappa shape index (κ1) is 14.4. The van der Waals surface area contributed by atoms with Crippen LogP contribution < -0.4 is 5.32 Å². The highest BCUT2D eigenvalue weighted by molar-refractivity contribution is 7.16. The highest BCUT2D eigenvalue weighted by Crippen LogP contribution is 2.38. The highest BCUT2D eigenvalue weighted by atomic mass is 35.5. The summed E-state index contributed by atoms with van der Waals surface area (Å²) >= 11 is 7.48. The molecule has 3 heterocycles. The minimum atomic E-state index is -0.0664. The summed E-state index contributed by atoms with van der Waals surface area (Å²) in [5, 5.41) is 3.46. The number of carbonyl (C=O) groups is 1. The first-order valence-corrected chi connectivity index (χ1v) is 8.54. The van der Waals surface area contributed by atoms with Gasteiger partial charge in [0, 0.05) is 24.5 Å². The average Bonchev–Trinajstić information content (AvgIpc) is 3.08. The molecule has 3 nitrogen and oxygen atoms in total. The van der Waals surface area contributed by atoms with E-state index in [1.165, 1.54) is 17.8 Å². The Kier molecular flexibility index (Phi) is 4.07. The molecule has 1 atom stereocenters. The molecule has 1 aromatic rings. The lowest BCUT2D eigenvalue weighted by molar-refractivity contribution is -0.134. The van der Waals surface area contributed by atoms with E-state index in [9.17, 15) is 4.79 Å². The smallest absolute Gasteiger partial charge is 0.230 e. The van der Waals surface area contributed by atoms with Crippen LogP contribution >= 0.6 is 22.9 Å². The van der Waals surface area contributed by atoms with E-state index in [0.29, 0.717) is 5.41 Å². The molecule has 110 valence electrons. The maximum absolute atomic E-state index is 12.6. The van der Waals surface area contributed by atoms with Crippen molar-refractivity contribution < 1.29 is 4.79 Å². The lowest BCUT2D eigenvalue weighted by atomic mass is 9.77. The van der Waals surface area contributed by atoms with E-state index in [4.69, 9.17) is 11.6 Å². The Morgan fingerprint density at radius 3 is 2.70 bits per heavy atom. The van der Waals surface area contributed by atoms with E-state index in [1.54, 1.807) is 0 Å². The van der Waals surface area contributed by atoms with E-state index in [-0.39, 0.29) is 11.8 Å². The molecular weight excluding hydrogens is 292 g/mol. The summed E-state index contributed by atoms with van der Waals surface area (Å²) in [7, 11) is 0. The second-order valence-corrected chi connectivity index (χ2v) is 7.86. The number of amides is 1. The van der Waals surface area contributed by atoms with Crippen LogP contribution in [-0.4, -0.2) is 37.0 Å². The fourth-order valence-electron chi connectivity index (χ4n) is 3.38. The van der Waals surface area contributed by atoms with Gasteiger partial charge in [0.05, 0.1) is 10.3 Å². The lowest BCUT2D eigenvalue weighted by Gasteiger charge is -2.39. The number of piperidine rings is 1. The zero-order valence-corrected chi connectivity index (χ0v) is 13.4. The summed E-state index contributed by atoms with van der Waals surface area (Å²) in [5.41, 5.74) is 0.465. The molecule has 0 bridgehead atoms. The third-order valence-electron chi connectivity index (χ3n) is 4.86. The fourth-order valence-corrected chi connectivity index (χ4v) is 4.49. The van der Waals surface area contributed by atoms with Crippen LogP contribution in [0.2, 0.25) is 4.34 Å². The molecule has 2 aliphatic heterocycles. The molecule has 1 aromatic heterocycles. The number of likely N-dealkylation sites (tertiary alicyclic amines) is 1. The summed E-state index contributed by atoms with van der Waals surface area (Å²) in [5.74, 6) is 0.188. The van der Waals surface area contributed by atoms with E-state index >= 15 is 0 Å². The summed E-state index contributed by atoms with van der Waals surface area (Å²) in [6, 6.07) is 3.85. The van der Waals surface area contributed by atoms with E-state index < -0.39 is 0 Å². The number of nitrogens with one attached hydrogen (secondary N) is 1. The van der Waals surface area contributed by atoms with Crippen molar-refractivity contribution in [2.45, 2.75) is 32.1 Å². The van der Waals surface area contributed by atoms with Gasteiger partial charge in [-0.1, -0.05) is 11.6 Å². The number of hydrogen-bond donors (Lipinski definition) is 1. The zero-order chi connectivity index (χ0) is 14.2. The molecule has 1 spiro atoms. The molecule has 20 heavy (non-hydrogen) atoms. The van der Waals surface area contributed by atoms with Crippen LogP contribution in [0.3, 0.4) is 0 Å². The lowest BCUT2D eigenvalue weighted by Crippen LogP contribution is -2.45. The van der Waals surface area contributed by atoms with Crippen molar-refractivity contribution in [3.05, 3.63) is 21.3 Å². The molecule has 5 heteroatoms. The Bertz CT molecular complexity index is 486. The van der Waals surface area contributed by atoms with Crippen molar-refractivity contribution in [2.75, 3.05) is 26.2 Å². The first-order valence-electron chi connectivity index (χ1n) is 7.34. The Morgan fingerprint density at radius 2 is 2.15 bits per heavy atom. The summed E-state index contributed by atoms with van der Waals surface area (Å²) in [6.45, 7) is 6.07. The van der Waals surface area contributed by atoms with Gasteiger partial charge in [-0.2, -0.15) is 0 Å². The molecule has 1 unspecified atom stereocenters. The standard InChI is InChI=1S/C15H21ClN2OS/c1-11(12-2-3-13(16)20-12)14(19)18-8-5-15(6-9-18)4-7-17-10-15/h2-3,11,17H,4-10H2,1H3. The minimum absolute atomic E-state index is 0.0664. The topological polar surface area (TPSA) is 32.3 Å². The van der Waals surface area contributed by atoms with Crippen LogP contribution in [0.15, 0.2) is 12.1 Å². The highest BCUT2D eigenvalue weighted by Gasteiger charge is 2.38. The SMILES string of the molecule is CC(C(=O)N1CCC2(CCNC2)CC1)c1ccc(Cl)s1. The monoisotopic (exact) mass is 312 g/mol. The summed E-state index contributed by atoms with van der Waals surface area (Å²) in [4.78, 5) is 15.7. The maximum Gasteiger partial charge on any atom is 0.230 e. The molecule has 2 saturated heterocycles. The molecule has 0 saturated carbocycles. The van der Waals surface area contributed by atoms with Crippen LogP contribution in [0.25, 0.3) is 0 Å². The Hall–Kier alpha value is -0.580. The first-order chi connectivity index (χ1) is 9.60. The minimum Gasteiger partial charge on any atom is -0.342 e. The van der Waals surface area contributed by atoms with Crippen LogP contribution in [0, 0.1) is 5.41 Å². The van der Waals surface area contributed by atoms with Crippen molar-refractivity contribution >= 4 is 28.8 Å².